The Labute approximate surface area is 312 Å². The van der Waals surface area contributed by atoms with Crippen molar-refractivity contribution in [3.63, 3.8) is 0 Å². The monoisotopic (exact) mass is 765 g/mol. The minimum Gasteiger partial charge on any atom is -0.481 e. The van der Waals surface area contributed by atoms with Gasteiger partial charge < -0.3 is 63.9 Å². The van der Waals surface area contributed by atoms with Crippen molar-refractivity contribution in [1.82, 2.24) is 10.2 Å². The number of primary amides is 1. The molecule has 0 aromatic heterocycles. The molecule has 0 saturated heterocycles. The zero-order chi connectivity index (χ0) is 38.8. The first-order valence-electron chi connectivity index (χ1n) is 18.3. The lowest BCUT2D eigenvalue weighted by Crippen LogP contribution is -2.41. The van der Waals surface area contributed by atoms with E-state index in [2.05, 4.69) is 10.2 Å². The second kappa shape index (κ2) is 32.5. The van der Waals surface area contributed by atoms with Gasteiger partial charge in [-0.05, 0) is 31.8 Å². The molecule has 2 atom stereocenters. The van der Waals surface area contributed by atoms with Crippen LogP contribution in [-0.4, -0.2) is 177 Å². The molecule has 2 amide bonds. The molecule has 1 aliphatic rings. The van der Waals surface area contributed by atoms with E-state index in [1.54, 1.807) is 0 Å². The average Bonchev–Trinajstić information content (AvgIpc) is 3.10. The highest BCUT2D eigenvalue weighted by atomic mass is 16.6. The van der Waals surface area contributed by atoms with Crippen molar-refractivity contribution >= 4 is 23.9 Å². The third-order valence-corrected chi connectivity index (χ3v) is 7.98. The molecule has 0 bridgehead atoms. The van der Waals surface area contributed by atoms with Crippen LogP contribution in [0.3, 0.4) is 0 Å². The molecule has 0 fully saturated rings. The number of rotatable bonds is 35. The van der Waals surface area contributed by atoms with E-state index in [9.17, 15) is 19.2 Å². The van der Waals surface area contributed by atoms with Crippen molar-refractivity contribution in [2.24, 2.45) is 11.1 Å². The van der Waals surface area contributed by atoms with Crippen LogP contribution in [0.25, 0.3) is 0 Å². The van der Waals surface area contributed by atoms with Gasteiger partial charge in [-0.25, -0.2) is 4.79 Å². The van der Waals surface area contributed by atoms with Crippen LogP contribution in [-0.2, 0) is 57.0 Å². The van der Waals surface area contributed by atoms with Crippen molar-refractivity contribution in [3.8, 4) is 0 Å². The predicted octanol–water partition coefficient (Wildman–Crippen LogP) is 1.09. The summed E-state index contributed by atoms with van der Waals surface area (Å²) >= 11 is 0. The predicted molar refractivity (Wildman–Crippen MR) is 191 cm³/mol. The van der Waals surface area contributed by atoms with Gasteiger partial charge in [-0.2, -0.15) is 0 Å². The minimum absolute atomic E-state index is 0.0367. The summed E-state index contributed by atoms with van der Waals surface area (Å²) in [7, 11) is 0. The topological polar surface area (TPSA) is 233 Å². The molecule has 53 heavy (non-hydrogen) atoms. The molecule has 1 rings (SSSR count). The van der Waals surface area contributed by atoms with Gasteiger partial charge in [0.1, 0.15) is 6.10 Å². The van der Waals surface area contributed by atoms with E-state index >= 15 is 0 Å². The summed E-state index contributed by atoms with van der Waals surface area (Å²) in [5.41, 5.74) is 4.57. The number of aliphatic carboxylic acids is 2. The number of hydrogen-bond donors (Lipinski definition) is 4. The molecule has 0 aromatic carbocycles. The molecule has 5 N–H and O–H groups in total. The molecule has 18 heteroatoms. The minimum atomic E-state index is -0.900. The van der Waals surface area contributed by atoms with Gasteiger partial charge in [0.25, 0.3) is 0 Å². The number of carbonyl (C=O) groups is 4. The SMILES string of the molecule is C[C@@]1(C(=O)NCCOCCOCCN(CCOCCOCCOCCC(=O)O)CCOCCOCCOCCC(=O)O)CC/C=C/[C@H](OC(N)=O)CC1. The lowest BCUT2D eigenvalue weighted by atomic mass is 9.78. The van der Waals surface area contributed by atoms with Crippen LogP contribution < -0.4 is 11.1 Å². The molecule has 0 radical (unpaired) electrons. The van der Waals surface area contributed by atoms with Crippen molar-refractivity contribution in [1.29, 1.82) is 0 Å². The summed E-state index contributed by atoms with van der Waals surface area (Å²) in [6.45, 7) is 10.1. The van der Waals surface area contributed by atoms with Crippen LogP contribution in [0.1, 0.15) is 45.4 Å². The number of nitrogens with two attached hydrogens (primary N) is 1. The molecule has 1 aliphatic carbocycles. The van der Waals surface area contributed by atoms with Gasteiger partial charge in [0, 0.05) is 31.6 Å². The van der Waals surface area contributed by atoms with Gasteiger partial charge in [-0.3, -0.25) is 19.3 Å². The highest BCUT2D eigenvalue weighted by molar-refractivity contribution is 5.82. The van der Waals surface area contributed by atoms with E-state index in [-0.39, 0.29) is 32.0 Å². The Kier molecular flexibility index (Phi) is 29.5. The Hall–Kier alpha value is -2.94. The molecule has 0 unspecified atom stereocenters. The van der Waals surface area contributed by atoms with Gasteiger partial charge in [-0.15, -0.1) is 0 Å². The van der Waals surface area contributed by atoms with E-state index in [1.807, 2.05) is 19.1 Å². The summed E-state index contributed by atoms with van der Waals surface area (Å²) in [4.78, 5) is 47.2. The Morgan fingerprint density at radius 3 is 1.51 bits per heavy atom. The zero-order valence-electron chi connectivity index (χ0n) is 31.3. The molecule has 0 heterocycles. The van der Waals surface area contributed by atoms with Crippen LogP contribution in [0.4, 0.5) is 4.79 Å². The number of hydrogen-bond acceptors (Lipinski definition) is 14. The van der Waals surface area contributed by atoms with E-state index in [1.165, 1.54) is 0 Å². The molecular weight excluding hydrogens is 702 g/mol. The Balaban J connectivity index is 2.24. The summed E-state index contributed by atoms with van der Waals surface area (Å²) in [6, 6.07) is 0. The summed E-state index contributed by atoms with van der Waals surface area (Å²) in [5.74, 6) is -1.86. The van der Waals surface area contributed by atoms with Gasteiger partial charge >= 0.3 is 18.0 Å². The summed E-state index contributed by atoms with van der Waals surface area (Å²) < 4.78 is 49.2. The first kappa shape index (κ1) is 48.1. The van der Waals surface area contributed by atoms with Crippen LogP contribution in [0.2, 0.25) is 0 Å². The maximum atomic E-state index is 12.9. The van der Waals surface area contributed by atoms with Crippen molar-refractivity contribution < 1.29 is 72.0 Å². The van der Waals surface area contributed by atoms with Crippen LogP contribution in [0.15, 0.2) is 12.2 Å². The van der Waals surface area contributed by atoms with Crippen molar-refractivity contribution in [2.75, 3.05) is 132 Å². The molecule has 0 saturated carbocycles. The van der Waals surface area contributed by atoms with Gasteiger partial charge in [-0.1, -0.05) is 13.0 Å². The third-order valence-electron chi connectivity index (χ3n) is 7.98. The van der Waals surface area contributed by atoms with E-state index in [0.717, 1.165) is 0 Å². The van der Waals surface area contributed by atoms with E-state index in [0.29, 0.717) is 144 Å². The third kappa shape index (κ3) is 29.1. The number of ether oxygens (including phenoxy) is 9. The highest BCUT2D eigenvalue weighted by Crippen LogP contribution is 2.32. The first-order chi connectivity index (χ1) is 25.6. The Bertz CT molecular complexity index is 970. The molecular formula is C35H63N3O15. The quantitative estimate of drug-likeness (QED) is 0.0522. The summed E-state index contributed by atoms with van der Waals surface area (Å²) in [5, 5.41) is 20.2. The highest BCUT2D eigenvalue weighted by Gasteiger charge is 2.34. The summed E-state index contributed by atoms with van der Waals surface area (Å²) in [6.07, 6.45) is 4.88. The number of nitrogens with zero attached hydrogens (tertiary/aromatic N) is 1. The maximum Gasteiger partial charge on any atom is 0.405 e. The normalized spacial score (nSPS) is 18.0. The number of carbonyl (C=O) groups excluding carboxylic acids is 2. The smallest absolute Gasteiger partial charge is 0.405 e. The van der Waals surface area contributed by atoms with Gasteiger partial charge in [0.05, 0.1) is 119 Å². The Morgan fingerprint density at radius 1 is 0.660 bits per heavy atom. The van der Waals surface area contributed by atoms with Crippen molar-refractivity contribution in [3.05, 3.63) is 12.2 Å². The zero-order valence-corrected chi connectivity index (χ0v) is 31.3. The van der Waals surface area contributed by atoms with Crippen LogP contribution in [0.5, 0.6) is 0 Å². The maximum absolute atomic E-state index is 12.9. The molecule has 0 aromatic rings. The fraction of sp³-hybridized carbons (Fsp3) is 0.829. The lowest BCUT2D eigenvalue weighted by molar-refractivity contribution is -0.139. The lowest BCUT2D eigenvalue weighted by Gasteiger charge is -2.30. The Morgan fingerprint density at radius 2 is 1.08 bits per heavy atom. The number of carboxylic acids is 2. The van der Waals surface area contributed by atoms with Gasteiger partial charge in [0.15, 0.2) is 0 Å². The molecule has 0 spiro atoms. The molecule has 308 valence electrons. The number of nitrogens with one attached hydrogen (secondary N) is 1. The van der Waals surface area contributed by atoms with Crippen molar-refractivity contribution in [2.45, 2.75) is 51.6 Å². The fourth-order valence-corrected chi connectivity index (χ4v) is 4.90. The number of carboxylic acid groups (broad SMARTS) is 2. The van der Waals surface area contributed by atoms with E-state index in [4.69, 9.17) is 58.6 Å². The van der Waals surface area contributed by atoms with E-state index < -0.39 is 29.6 Å². The second-order valence-electron chi connectivity index (χ2n) is 12.3. The average molecular weight is 766 g/mol. The van der Waals surface area contributed by atoms with Crippen LogP contribution in [0, 0.1) is 5.41 Å². The number of allylic oxidation sites excluding steroid dienone is 1. The standard InChI is InChI=1S/C35H63N3O15/c1-35(8-3-2-4-30(5-9-35)53-34(36)44)33(43)37-10-16-47-22-23-48-17-11-38(12-18-49-24-28-51-26-20-45-14-6-31(39)40)13-19-50-25-29-52-27-21-46-15-7-32(41)42/h2,4,30H,3,5-29H2,1H3,(H2,36,44)(H,37,43)(H,39,40)(H,41,42)/b4-2+/t30-,35+/m0/s1. The molecule has 0 aliphatic heterocycles. The second-order valence-corrected chi connectivity index (χ2v) is 12.3. The van der Waals surface area contributed by atoms with Crippen LogP contribution >= 0.6 is 0 Å². The molecule has 18 nitrogen and oxygen atoms in total. The largest absolute Gasteiger partial charge is 0.481 e. The number of amides is 2. The van der Waals surface area contributed by atoms with Gasteiger partial charge in [0.2, 0.25) is 5.91 Å². The first-order valence-corrected chi connectivity index (χ1v) is 18.3. The fourth-order valence-electron chi connectivity index (χ4n) is 4.90.